The van der Waals surface area contributed by atoms with Crippen molar-refractivity contribution in [1.29, 1.82) is 0 Å². The van der Waals surface area contributed by atoms with Gasteiger partial charge in [0.1, 0.15) is 5.25 Å². The fourth-order valence-electron chi connectivity index (χ4n) is 0.826. The minimum atomic E-state index is -0.500. The molecule has 2 amide bonds. The molecule has 4 nitrogen and oxygen atoms in total. The van der Waals surface area contributed by atoms with E-state index in [4.69, 9.17) is 0 Å². The molecule has 5 heteroatoms. The van der Waals surface area contributed by atoms with Crippen molar-refractivity contribution in [2.24, 2.45) is 0 Å². The van der Waals surface area contributed by atoms with Gasteiger partial charge < -0.3 is 0 Å². The fourth-order valence-corrected chi connectivity index (χ4v) is 1.63. The van der Waals surface area contributed by atoms with E-state index in [2.05, 4.69) is 5.32 Å². The summed E-state index contributed by atoms with van der Waals surface area (Å²) in [7, 11) is 0. The van der Waals surface area contributed by atoms with Crippen LogP contribution in [0.4, 0.5) is 0 Å². The largest absolute Gasteiger partial charge is 0.295 e. The zero-order valence-electron chi connectivity index (χ0n) is 5.92. The Morgan fingerprint density at radius 3 is 2.64 bits per heavy atom. The maximum absolute atomic E-state index is 10.8. The molecule has 0 aromatic rings. The second-order valence-electron chi connectivity index (χ2n) is 2.21. The molecular formula is C6H7NO3S. The Kier molecular flexibility index (Phi) is 2.28. The molecule has 0 bridgehead atoms. The third-order valence-corrected chi connectivity index (χ3v) is 2.23. The molecule has 1 aliphatic heterocycles. The van der Waals surface area contributed by atoms with Crippen LogP contribution in [0.15, 0.2) is 0 Å². The molecule has 11 heavy (non-hydrogen) atoms. The summed E-state index contributed by atoms with van der Waals surface area (Å²) in [6, 6.07) is 0. The lowest BCUT2D eigenvalue weighted by molar-refractivity contribution is -0.124. The molecule has 0 aromatic heterocycles. The van der Waals surface area contributed by atoms with Gasteiger partial charge in [-0.1, -0.05) is 11.8 Å². The Morgan fingerprint density at radius 1 is 1.64 bits per heavy atom. The highest BCUT2D eigenvalue weighted by Gasteiger charge is 2.31. The summed E-state index contributed by atoms with van der Waals surface area (Å²) in [6.45, 7) is 1.38. The summed E-state index contributed by atoms with van der Waals surface area (Å²) < 4.78 is 0. The minimum absolute atomic E-state index is 0.128. The van der Waals surface area contributed by atoms with Crippen molar-refractivity contribution >= 4 is 28.7 Å². The molecule has 0 radical (unpaired) electrons. The number of hydrogen-bond acceptors (Lipinski definition) is 4. The van der Waals surface area contributed by atoms with Gasteiger partial charge in [-0.25, -0.2) is 0 Å². The second kappa shape index (κ2) is 3.04. The van der Waals surface area contributed by atoms with Gasteiger partial charge in [-0.15, -0.1) is 0 Å². The van der Waals surface area contributed by atoms with Crippen molar-refractivity contribution in [2.75, 3.05) is 0 Å². The molecule has 1 heterocycles. The van der Waals surface area contributed by atoms with Crippen LogP contribution >= 0.6 is 11.8 Å². The first kappa shape index (κ1) is 8.26. The van der Waals surface area contributed by atoms with Gasteiger partial charge in [0.15, 0.2) is 5.12 Å². The van der Waals surface area contributed by atoms with Gasteiger partial charge in [0, 0.05) is 13.3 Å². The number of thioether (sulfide) groups is 1. The predicted octanol–water partition coefficient (Wildman–Crippen LogP) is -0.319. The third kappa shape index (κ3) is 2.04. The summed E-state index contributed by atoms with van der Waals surface area (Å²) >= 11 is 0.902. The maximum atomic E-state index is 10.8. The Hall–Kier alpha value is -0.840. The first-order chi connectivity index (χ1) is 5.09. The average Bonchev–Trinajstić information content (AvgIpc) is 2.09. The molecule has 0 aliphatic carbocycles. The van der Waals surface area contributed by atoms with Gasteiger partial charge in [0.2, 0.25) is 11.8 Å². The second-order valence-corrected chi connectivity index (χ2v) is 3.59. The highest BCUT2D eigenvalue weighted by molar-refractivity contribution is 8.14. The standard InChI is InChI=1S/C6H7NO3S/c1-3(8)11-4-2-5(9)7-6(4)10/h4H,2H2,1H3,(H,7,9,10). The monoisotopic (exact) mass is 173 g/mol. The van der Waals surface area contributed by atoms with Crippen LogP contribution in [0.25, 0.3) is 0 Å². The number of imide groups is 1. The molecule has 1 aliphatic rings. The van der Waals surface area contributed by atoms with E-state index in [9.17, 15) is 14.4 Å². The van der Waals surface area contributed by atoms with E-state index < -0.39 is 5.25 Å². The van der Waals surface area contributed by atoms with Crippen LogP contribution in [0.1, 0.15) is 13.3 Å². The van der Waals surface area contributed by atoms with Gasteiger partial charge in [0.25, 0.3) is 0 Å². The lowest BCUT2D eigenvalue weighted by atomic mass is 10.4. The molecular weight excluding hydrogens is 166 g/mol. The highest BCUT2D eigenvalue weighted by atomic mass is 32.2. The molecule has 1 rings (SSSR count). The number of nitrogens with one attached hydrogen (secondary N) is 1. The summed E-state index contributed by atoms with van der Waals surface area (Å²) in [5.74, 6) is -0.649. The van der Waals surface area contributed by atoms with E-state index in [0.29, 0.717) is 0 Å². The molecule has 0 aromatic carbocycles. The van der Waals surface area contributed by atoms with Crippen molar-refractivity contribution in [1.82, 2.24) is 5.32 Å². The van der Waals surface area contributed by atoms with E-state index in [1.807, 2.05) is 0 Å². The van der Waals surface area contributed by atoms with Crippen LogP contribution in [-0.4, -0.2) is 22.2 Å². The zero-order chi connectivity index (χ0) is 8.43. The third-order valence-electron chi connectivity index (χ3n) is 1.23. The van der Waals surface area contributed by atoms with Gasteiger partial charge in [-0.05, 0) is 0 Å². The Bertz CT molecular complexity index is 226. The highest BCUT2D eigenvalue weighted by Crippen LogP contribution is 2.19. The van der Waals surface area contributed by atoms with Crippen molar-refractivity contribution in [3.05, 3.63) is 0 Å². The lowest BCUT2D eigenvalue weighted by Gasteiger charge is -1.98. The van der Waals surface area contributed by atoms with Crippen molar-refractivity contribution in [2.45, 2.75) is 18.6 Å². The molecule has 0 saturated carbocycles. The smallest absolute Gasteiger partial charge is 0.240 e. The summed E-state index contributed by atoms with van der Waals surface area (Å²) in [5, 5.41) is 1.48. The Labute approximate surface area is 67.7 Å². The van der Waals surface area contributed by atoms with Crippen molar-refractivity contribution in [3.63, 3.8) is 0 Å². The zero-order valence-corrected chi connectivity index (χ0v) is 6.73. The molecule has 60 valence electrons. The van der Waals surface area contributed by atoms with E-state index in [1.54, 1.807) is 0 Å². The van der Waals surface area contributed by atoms with E-state index in [-0.39, 0.29) is 23.4 Å². The Balaban J connectivity index is 2.53. The minimum Gasteiger partial charge on any atom is -0.295 e. The summed E-state index contributed by atoms with van der Waals surface area (Å²) in [5.41, 5.74) is 0. The number of amides is 2. The molecule has 1 fully saturated rings. The summed E-state index contributed by atoms with van der Waals surface area (Å²) in [4.78, 5) is 31.9. The number of rotatable bonds is 1. The van der Waals surface area contributed by atoms with Gasteiger partial charge in [0.05, 0.1) is 0 Å². The van der Waals surface area contributed by atoms with Crippen LogP contribution in [0.2, 0.25) is 0 Å². The van der Waals surface area contributed by atoms with Crippen LogP contribution in [0.5, 0.6) is 0 Å². The quantitative estimate of drug-likeness (QED) is 0.552. The number of carbonyl (C=O) groups excluding carboxylic acids is 3. The first-order valence-corrected chi connectivity index (χ1v) is 3.98. The van der Waals surface area contributed by atoms with Crippen LogP contribution in [0, 0.1) is 0 Å². The predicted molar refractivity (Wildman–Crippen MR) is 39.8 cm³/mol. The number of carbonyl (C=O) groups is 3. The normalized spacial score (nSPS) is 23.5. The molecule has 1 atom stereocenters. The van der Waals surface area contributed by atoms with E-state index in [0.717, 1.165) is 11.8 Å². The molecule has 1 saturated heterocycles. The molecule has 1 unspecified atom stereocenters. The SMILES string of the molecule is CC(=O)SC1CC(=O)NC1=O. The molecule has 1 N–H and O–H groups in total. The maximum Gasteiger partial charge on any atom is 0.240 e. The summed E-state index contributed by atoms with van der Waals surface area (Å²) in [6.07, 6.45) is 0.128. The van der Waals surface area contributed by atoms with Crippen LogP contribution < -0.4 is 5.32 Å². The van der Waals surface area contributed by atoms with Gasteiger partial charge in [-0.2, -0.15) is 0 Å². The lowest BCUT2D eigenvalue weighted by Crippen LogP contribution is -2.23. The number of hydrogen-bond donors (Lipinski definition) is 1. The Morgan fingerprint density at radius 2 is 2.27 bits per heavy atom. The molecule has 0 spiro atoms. The van der Waals surface area contributed by atoms with Crippen LogP contribution in [0.3, 0.4) is 0 Å². The van der Waals surface area contributed by atoms with Crippen molar-refractivity contribution < 1.29 is 14.4 Å². The van der Waals surface area contributed by atoms with Gasteiger partial charge in [-0.3, -0.25) is 19.7 Å². The first-order valence-electron chi connectivity index (χ1n) is 3.10. The van der Waals surface area contributed by atoms with E-state index >= 15 is 0 Å². The average molecular weight is 173 g/mol. The van der Waals surface area contributed by atoms with Crippen LogP contribution in [-0.2, 0) is 14.4 Å². The van der Waals surface area contributed by atoms with Crippen molar-refractivity contribution in [3.8, 4) is 0 Å². The van der Waals surface area contributed by atoms with Gasteiger partial charge >= 0.3 is 0 Å². The topological polar surface area (TPSA) is 63.2 Å². The fraction of sp³-hybridized carbons (Fsp3) is 0.500. The van der Waals surface area contributed by atoms with E-state index in [1.165, 1.54) is 6.92 Å².